The largest absolute Gasteiger partial charge is 0.321 e. The van der Waals surface area contributed by atoms with Crippen molar-refractivity contribution < 1.29 is 9.59 Å². The van der Waals surface area contributed by atoms with Gasteiger partial charge in [0.05, 0.1) is 5.69 Å². The van der Waals surface area contributed by atoms with E-state index in [1.165, 1.54) is 23.7 Å². The molecule has 0 aliphatic heterocycles. The summed E-state index contributed by atoms with van der Waals surface area (Å²) in [4.78, 5) is 35.8. The van der Waals surface area contributed by atoms with E-state index in [-0.39, 0.29) is 17.0 Å². The monoisotopic (exact) mass is 333 g/mol. The maximum Gasteiger partial charge on any atom is 0.276 e. The van der Waals surface area contributed by atoms with Gasteiger partial charge in [-0.15, -0.1) is 0 Å². The van der Waals surface area contributed by atoms with Gasteiger partial charge >= 0.3 is 0 Å². The number of hydrogen-bond acceptors (Lipinski definition) is 4. The molecular formula is C19H15N3O3. The molecule has 3 aromatic rings. The molecule has 0 atom stereocenters. The Hall–Kier alpha value is -3.54. The highest BCUT2D eigenvalue weighted by Crippen LogP contribution is 2.12. The minimum atomic E-state index is -0.467. The van der Waals surface area contributed by atoms with Crippen LogP contribution in [0, 0.1) is 0 Å². The van der Waals surface area contributed by atoms with E-state index in [9.17, 15) is 14.4 Å². The third-order valence-corrected chi connectivity index (χ3v) is 3.56. The third-order valence-electron chi connectivity index (χ3n) is 3.56. The molecule has 0 saturated carbocycles. The Balaban J connectivity index is 1.89. The SMILES string of the molecule is CC(=O)c1cccc(NC(=O)c2ccc(=O)n(-c3ccccc3)n2)c1. The summed E-state index contributed by atoms with van der Waals surface area (Å²) >= 11 is 0. The minimum absolute atomic E-state index is 0.0909. The van der Waals surface area contributed by atoms with Gasteiger partial charge in [-0.05, 0) is 37.3 Å². The normalized spacial score (nSPS) is 10.3. The standard InChI is InChI=1S/C19H15N3O3/c1-13(23)14-6-5-7-15(12-14)20-19(25)17-10-11-18(24)22(21-17)16-8-3-2-4-9-16/h2-12H,1H3,(H,20,25). The van der Waals surface area contributed by atoms with E-state index in [2.05, 4.69) is 10.4 Å². The first-order chi connectivity index (χ1) is 12.0. The van der Waals surface area contributed by atoms with Crippen molar-refractivity contribution in [3.05, 3.63) is 88.3 Å². The van der Waals surface area contributed by atoms with Crippen LogP contribution in [0.2, 0.25) is 0 Å². The number of anilines is 1. The van der Waals surface area contributed by atoms with Crippen molar-refractivity contribution in [1.29, 1.82) is 0 Å². The molecule has 25 heavy (non-hydrogen) atoms. The highest BCUT2D eigenvalue weighted by Gasteiger charge is 2.11. The highest BCUT2D eigenvalue weighted by molar-refractivity contribution is 6.03. The molecule has 0 aliphatic rings. The van der Waals surface area contributed by atoms with Crippen LogP contribution in [0.25, 0.3) is 5.69 Å². The maximum atomic E-state index is 12.4. The first kappa shape index (κ1) is 16.3. The lowest BCUT2D eigenvalue weighted by molar-refractivity contribution is 0.100. The van der Waals surface area contributed by atoms with Crippen LogP contribution < -0.4 is 10.9 Å². The molecule has 6 heteroatoms. The Labute approximate surface area is 143 Å². The predicted molar refractivity (Wildman–Crippen MR) is 94.2 cm³/mol. The number of ketones is 1. The number of carbonyl (C=O) groups excluding carboxylic acids is 2. The van der Waals surface area contributed by atoms with E-state index in [0.29, 0.717) is 16.9 Å². The zero-order chi connectivity index (χ0) is 17.8. The molecule has 0 saturated heterocycles. The number of aromatic nitrogens is 2. The molecule has 0 spiro atoms. The zero-order valence-corrected chi connectivity index (χ0v) is 13.5. The molecule has 124 valence electrons. The van der Waals surface area contributed by atoms with E-state index in [4.69, 9.17) is 0 Å². The van der Waals surface area contributed by atoms with Gasteiger partial charge in [-0.25, -0.2) is 0 Å². The number of para-hydroxylation sites is 1. The average Bonchev–Trinajstić information content (AvgIpc) is 2.63. The molecule has 0 bridgehead atoms. The summed E-state index contributed by atoms with van der Waals surface area (Å²) < 4.78 is 1.17. The van der Waals surface area contributed by atoms with Crippen molar-refractivity contribution in [2.45, 2.75) is 6.92 Å². The summed E-state index contributed by atoms with van der Waals surface area (Å²) in [5.74, 6) is -0.558. The summed E-state index contributed by atoms with van der Waals surface area (Å²) in [7, 11) is 0. The van der Waals surface area contributed by atoms with Gasteiger partial charge in [0.1, 0.15) is 5.69 Å². The van der Waals surface area contributed by atoms with Crippen LogP contribution in [0.15, 0.2) is 71.5 Å². The van der Waals surface area contributed by atoms with Crippen LogP contribution in [0.4, 0.5) is 5.69 Å². The van der Waals surface area contributed by atoms with Crippen molar-refractivity contribution in [3.63, 3.8) is 0 Å². The number of hydrogen-bond donors (Lipinski definition) is 1. The van der Waals surface area contributed by atoms with Crippen LogP contribution in [0.3, 0.4) is 0 Å². The second-order valence-corrected chi connectivity index (χ2v) is 5.40. The molecule has 0 aliphatic carbocycles. The van der Waals surface area contributed by atoms with E-state index >= 15 is 0 Å². The zero-order valence-electron chi connectivity index (χ0n) is 13.5. The lowest BCUT2D eigenvalue weighted by Crippen LogP contribution is -2.24. The summed E-state index contributed by atoms with van der Waals surface area (Å²) in [5.41, 5.74) is 1.32. The number of benzene rings is 2. The summed E-state index contributed by atoms with van der Waals surface area (Å²) in [6.07, 6.45) is 0. The van der Waals surface area contributed by atoms with E-state index in [1.54, 1.807) is 48.5 Å². The minimum Gasteiger partial charge on any atom is -0.321 e. The molecule has 6 nitrogen and oxygen atoms in total. The van der Waals surface area contributed by atoms with Crippen molar-refractivity contribution in [1.82, 2.24) is 9.78 Å². The average molecular weight is 333 g/mol. The Morgan fingerprint density at radius 1 is 0.960 bits per heavy atom. The topological polar surface area (TPSA) is 81.1 Å². The van der Waals surface area contributed by atoms with Gasteiger partial charge < -0.3 is 5.32 Å². The molecule has 0 unspecified atom stereocenters. The quantitative estimate of drug-likeness (QED) is 0.744. The Morgan fingerprint density at radius 2 is 1.72 bits per heavy atom. The number of rotatable bonds is 4. The maximum absolute atomic E-state index is 12.4. The molecule has 3 rings (SSSR count). The number of Topliss-reactive ketones (excluding diaryl/α,β-unsaturated/α-hetero) is 1. The Kier molecular flexibility index (Phi) is 4.52. The third kappa shape index (κ3) is 3.69. The second-order valence-electron chi connectivity index (χ2n) is 5.40. The summed E-state index contributed by atoms with van der Waals surface area (Å²) in [5, 5.41) is 6.80. The van der Waals surface area contributed by atoms with Gasteiger partial charge in [-0.2, -0.15) is 9.78 Å². The Bertz CT molecular complexity index is 994. The van der Waals surface area contributed by atoms with Crippen molar-refractivity contribution in [2.75, 3.05) is 5.32 Å². The van der Waals surface area contributed by atoms with Crippen molar-refractivity contribution in [3.8, 4) is 5.69 Å². The number of nitrogens with zero attached hydrogens (tertiary/aromatic N) is 2. The van der Waals surface area contributed by atoms with E-state index in [0.717, 1.165) is 0 Å². The van der Waals surface area contributed by atoms with E-state index in [1.807, 2.05) is 6.07 Å². The number of carbonyl (C=O) groups is 2. The van der Waals surface area contributed by atoms with Gasteiger partial charge in [-0.1, -0.05) is 30.3 Å². The van der Waals surface area contributed by atoms with Crippen LogP contribution >= 0.6 is 0 Å². The molecule has 1 N–H and O–H groups in total. The summed E-state index contributed by atoms with van der Waals surface area (Å²) in [6.45, 7) is 1.46. The smallest absolute Gasteiger partial charge is 0.276 e. The van der Waals surface area contributed by atoms with Gasteiger partial charge in [0.2, 0.25) is 0 Å². The summed E-state index contributed by atoms with van der Waals surface area (Å²) in [6, 6.07) is 18.1. The molecule has 1 aromatic heterocycles. The lowest BCUT2D eigenvalue weighted by atomic mass is 10.1. The first-order valence-electron chi connectivity index (χ1n) is 7.63. The molecular weight excluding hydrogens is 318 g/mol. The van der Waals surface area contributed by atoms with Gasteiger partial charge in [-0.3, -0.25) is 14.4 Å². The second kappa shape index (κ2) is 6.92. The van der Waals surface area contributed by atoms with Gasteiger partial charge in [0, 0.05) is 17.3 Å². The fourth-order valence-electron chi connectivity index (χ4n) is 2.30. The predicted octanol–water partition coefficient (Wildman–Crippen LogP) is 2.69. The van der Waals surface area contributed by atoms with Gasteiger partial charge in [0.25, 0.3) is 11.5 Å². The number of amides is 1. The molecule has 0 radical (unpaired) electrons. The molecule has 2 aromatic carbocycles. The number of nitrogens with one attached hydrogen (secondary N) is 1. The van der Waals surface area contributed by atoms with Gasteiger partial charge in [0.15, 0.2) is 5.78 Å². The van der Waals surface area contributed by atoms with Crippen LogP contribution in [-0.2, 0) is 0 Å². The first-order valence-corrected chi connectivity index (χ1v) is 7.63. The lowest BCUT2D eigenvalue weighted by Gasteiger charge is -2.08. The molecule has 1 heterocycles. The highest BCUT2D eigenvalue weighted by atomic mass is 16.2. The van der Waals surface area contributed by atoms with Crippen molar-refractivity contribution in [2.24, 2.45) is 0 Å². The fraction of sp³-hybridized carbons (Fsp3) is 0.0526. The van der Waals surface area contributed by atoms with Crippen LogP contribution in [0.5, 0.6) is 0 Å². The Morgan fingerprint density at radius 3 is 2.44 bits per heavy atom. The molecule has 0 fully saturated rings. The molecule has 1 amide bonds. The van der Waals surface area contributed by atoms with Crippen molar-refractivity contribution >= 4 is 17.4 Å². The van der Waals surface area contributed by atoms with E-state index < -0.39 is 5.91 Å². The van der Waals surface area contributed by atoms with Crippen LogP contribution in [-0.4, -0.2) is 21.5 Å². The van der Waals surface area contributed by atoms with Crippen LogP contribution in [0.1, 0.15) is 27.8 Å². The fourth-order valence-corrected chi connectivity index (χ4v) is 2.30.